The molecule has 0 aromatic rings. The van der Waals surface area contributed by atoms with Crippen molar-refractivity contribution in [2.24, 2.45) is 5.41 Å². The summed E-state index contributed by atoms with van der Waals surface area (Å²) >= 11 is 0. The first-order valence-electron chi connectivity index (χ1n) is 7.41. The fraction of sp³-hybridized carbons (Fsp3) is 0.933. The fourth-order valence-corrected chi connectivity index (χ4v) is 3.09. The average molecular weight is 252 g/mol. The Bertz CT molecular complexity index is 296. The third-order valence-electron chi connectivity index (χ3n) is 4.60. The average Bonchev–Trinajstić information content (AvgIpc) is 2.24. The molecule has 3 heteroatoms. The van der Waals surface area contributed by atoms with Crippen molar-refractivity contribution in [3.05, 3.63) is 0 Å². The predicted molar refractivity (Wildman–Crippen MR) is 74.5 cm³/mol. The molecule has 1 aliphatic carbocycles. The maximum atomic E-state index is 12.3. The van der Waals surface area contributed by atoms with E-state index < -0.39 is 0 Å². The van der Waals surface area contributed by atoms with Gasteiger partial charge in [0.1, 0.15) is 0 Å². The molecule has 18 heavy (non-hydrogen) atoms. The van der Waals surface area contributed by atoms with Crippen LogP contribution in [0, 0.1) is 5.41 Å². The third-order valence-corrected chi connectivity index (χ3v) is 4.60. The Hall–Kier alpha value is -0.570. The van der Waals surface area contributed by atoms with Crippen molar-refractivity contribution in [2.45, 2.75) is 65.0 Å². The van der Waals surface area contributed by atoms with Crippen molar-refractivity contribution >= 4 is 5.91 Å². The van der Waals surface area contributed by atoms with Crippen molar-refractivity contribution in [3.8, 4) is 0 Å². The van der Waals surface area contributed by atoms with Crippen molar-refractivity contribution in [1.29, 1.82) is 0 Å². The molecule has 3 nitrogen and oxygen atoms in total. The molecular formula is C15H28N2O. The summed E-state index contributed by atoms with van der Waals surface area (Å²) in [5.74, 6) is 0.282. The van der Waals surface area contributed by atoms with Crippen molar-refractivity contribution in [1.82, 2.24) is 9.80 Å². The Balaban J connectivity index is 1.83. The minimum absolute atomic E-state index is 0.250. The highest BCUT2D eigenvalue weighted by Crippen LogP contribution is 2.29. The van der Waals surface area contributed by atoms with E-state index in [1.54, 1.807) is 0 Å². The third kappa shape index (κ3) is 2.87. The molecule has 2 rings (SSSR count). The number of likely N-dealkylation sites (tertiary alicyclic amines) is 1. The van der Waals surface area contributed by atoms with Gasteiger partial charge in [-0.15, -0.1) is 0 Å². The highest BCUT2D eigenvalue weighted by Gasteiger charge is 2.33. The summed E-state index contributed by atoms with van der Waals surface area (Å²) in [6.45, 7) is 8.38. The van der Waals surface area contributed by atoms with E-state index in [1.165, 1.54) is 32.4 Å². The van der Waals surface area contributed by atoms with E-state index in [-0.39, 0.29) is 11.3 Å². The van der Waals surface area contributed by atoms with Crippen LogP contribution < -0.4 is 0 Å². The first-order chi connectivity index (χ1) is 8.39. The quantitative estimate of drug-likeness (QED) is 0.754. The summed E-state index contributed by atoms with van der Waals surface area (Å²) in [5, 5.41) is 0. The van der Waals surface area contributed by atoms with Gasteiger partial charge in [0.15, 0.2) is 0 Å². The number of nitrogens with zero attached hydrogens (tertiary/aromatic N) is 2. The highest BCUT2D eigenvalue weighted by molar-refractivity contribution is 5.81. The van der Waals surface area contributed by atoms with E-state index in [2.05, 4.69) is 4.90 Å². The van der Waals surface area contributed by atoms with Crippen molar-refractivity contribution in [2.75, 3.05) is 20.1 Å². The standard InChI is InChI=1S/C15H28N2O/c1-15(2,3)14(18)16(4)12-8-10-17(11-9-12)13-6-5-7-13/h12-13H,5-11H2,1-4H3. The summed E-state index contributed by atoms with van der Waals surface area (Å²) in [5.41, 5.74) is -0.250. The second-order valence-corrected chi connectivity index (χ2v) is 7.02. The molecule has 0 atom stereocenters. The van der Waals surface area contributed by atoms with E-state index in [1.807, 2.05) is 32.7 Å². The topological polar surface area (TPSA) is 23.6 Å². The Labute approximate surface area is 112 Å². The normalized spacial score (nSPS) is 23.8. The van der Waals surface area contributed by atoms with Crippen LogP contribution in [-0.4, -0.2) is 47.9 Å². The Morgan fingerprint density at radius 2 is 1.67 bits per heavy atom. The molecule has 2 aliphatic rings. The van der Waals surface area contributed by atoms with Crippen LogP contribution in [0.3, 0.4) is 0 Å². The van der Waals surface area contributed by atoms with Crippen LogP contribution in [0.25, 0.3) is 0 Å². The van der Waals surface area contributed by atoms with Crippen molar-refractivity contribution in [3.63, 3.8) is 0 Å². The number of amides is 1. The Morgan fingerprint density at radius 3 is 2.06 bits per heavy atom. The van der Waals surface area contributed by atoms with Crippen LogP contribution in [0.4, 0.5) is 0 Å². The molecule has 0 bridgehead atoms. The lowest BCUT2D eigenvalue weighted by atomic mass is 9.88. The summed E-state index contributed by atoms with van der Waals surface area (Å²) in [7, 11) is 1.98. The van der Waals surface area contributed by atoms with Crippen LogP contribution in [0.1, 0.15) is 52.9 Å². The first kappa shape index (κ1) is 13.9. The molecule has 2 fully saturated rings. The van der Waals surface area contributed by atoms with Gasteiger partial charge >= 0.3 is 0 Å². The maximum absolute atomic E-state index is 12.3. The minimum Gasteiger partial charge on any atom is -0.342 e. The van der Waals surface area contributed by atoms with Gasteiger partial charge in [-0.05, 0) is 25.7 Å². The number of rotatable bonds is 2. The molecule has 1 saturated heterocycles. The van der Waals surface area contributed by atoms with Gasteiger partial charge in [-0.2, -0.15) is 0 Å². The zero-order valence-corrected chi connectivity index (χ0v) is 12.4. The van der Waals surface area contributed by atoms with Gasteiger partial charge in [0.25, 0.3) is 0 Å². The lowest BCUT2D eigenvalue weighted by molar-refractivity contribution is -0.141. The molecule has 1 saturated carbocycles. The van der Waals surface area contributed by atoms with Gasteiger partial charge in [-0.25, -0.2) is 0 Å². The summed E-state index contributed by atoms with van der Waals surface area (Å²) < 4.78 is 0. The van der Waals surface area contributed by atoms with Crippen molar-refractivity contribution < 1.29 is 4.79 Å². The van der Waals surface area contributed by atoms with E-state index in [0.29, 0.717) is 6.04 Å². The zero-order chi connectivity index (χ0) is 13.3. The smallest absolute Gasteiger partial charge is 0.227 e. The molecule has 0 aromatic heterocycles. The first-order valence-corrected chi connectivity index (χ1v) is 7.41. The summed E-state index contributed by atoms with van der Waals surface area (Å²) in [4.78, 5) is 16.9. The predicted octanol–water partition coefficient (Wildman–Crippen LogP) is 2.51. The Kier molecular flexibility index (Phi) is 4.00. The number of hydrogen-bond acceptors (Lipinski definition) is 2. The number of piperidine rings is 1. The number of carbonyl (C=O) groups excluding carboxylic acids is 1. The molecule has 0 unspecified atom stereocenters. The molecule has 1 amide bonds. The lowest BCUT2D eigenvalue weighted by Gasteiger charge is -2.44. The van der Waals surface area contributed by atoms with Gasteiger partial charge in [-0.3, -0.25) is 4.79 Å². The van der Waals surface area contributed by atoms with Crippen LogP contribution in [0.2, 0.25) is 0 Å². The monoisotopic (exact) mass is 252 g/mol. The maximum Gasteiger partial charge on any atom is 0.227 e. The van der Waals surface area contributed by atoms with Gasteiger partial charge < -0.3 is 9.80 Å². The largest absolute Gasteiger partial charge is 0.342 e. The molecular weight excluding hydrogens is 224 g/mol. The lowest BCUT2D eigenvalue weighted by Crippen LogP contribution is -2.51. The van der Waals surface area contributed by atoms with E-state index >= 15 is 0 Å². The second kappa shape index (κ2) is 5.20. The summed E-state index contributed by atoms with van der Waals surface area (Å²) in [6, 6.07) is 1.31. The van der Waals surface area contributed by atoms with Crippen LogP contribution in [0.15, 0.2) is 0 Å². The zero-order valence-electron chi connectivity index (χ0n) is 12.4. The molecule has 1 heterocycles. The molecule has 0 N–H and O–H groups in total. The molecule has 0 radical (unpaired) electrons. The highest BCUT2D eigenvalue weighted by atomic mass is 16.2. The van der Waals surface area contributed by atoms with E-state index in [4.69, 9.17) is 0 Å². The van der Waals surface area contributed by atoms with Crippen LogP contribution in [0.5, 0.6) is 0 Å². The van der Waals surface area contributed by atoms with Crippen LogP contribution in [-0.2, 0) is 4.79 Å². The van der Waals surface area contributed by atoms with Gasteiger partial charge in [0.05, 0.1) is 0 Å². The molecule has 0 aromatic carbocycles. The molecule has 1 aliphatic heterocycles. The SMILES string of the molecule is CN(C(=O)C(C)(C)C)C1CCN(C2CCC2)CC1. The van der Waals surface area contributed by atoms with Crippen LogP contribution >= 0.6 is 0 Å². The van der Waals surface area contributed by atoms with E-state index in [0.717, 1.165) is 18.9 Å². The Morgan fingerprint density at radius 1 is 1.11 bits per heavy atom. The number of carbonyl (C=O) groups is 1. The number of hydrogen-bond donors (Lipinski definition) is 0. The van der Waals surface area contributed by atoms with Gasteiger partial charge in [0, 0.05) is 37.6 Å². The molecule has 104 valence electrons. The fourth-order valence-electron chi connectivity index (χ4n) is 3.09. The van der Waals surface area contributed by atoms with Gasteiger partial charge in [0.2, 0.25) is 5.91 Å². The molecule has 0 spiro atoms. The second-order valence-electron chi connectivity index (χ2n) is 7.02. The van der Waals surface area contributed by atoms with E-state index in [9.17, 15) is 4.79 Å². The minimum atomic E-state index is -0.250. The summed E-state index contributed by atoms with van der Waals surface area (Å²) in [6.07, 6.45) is 6.49. The van der Waals surface area contributed by atoms with Gasteiger partial charge in [-0.1, -0.05) is 27.2 Å².